The standard InChI is InChI=1S/C16H8F3NO4/c17-16(18,19)10-7-5-9(6-8-10)15(23)24-20-13(21)11-3-1-2-4-12(11)14(20)22/h1-8H. The minimum absolute atomic E-state index is 0.0859. The molecule has 0 saturated carbocycles. The van der Waals surface area contributed by atoms with Crippen LogP contribution >= 0.6 is 0 Å². The minimum atomic E-state index is -4.54. The van der Waals surface area contributed by atoms with E-state index in [1.165, 1.54) is 12.1 Å². The third-order valence-electron chi connectivity index (χ3n) is 3.38. The highest BCUT2D eigenvalue weighted by Gasteiger charge is 2.39. The highest BCUT2D eigenvalue weighted by atomic mass is 19.4. The van der Waals surface area contributed by atoms with E-state index >= 15 is 0 Å². The highest BCUT2D eigenvalue weighted by Crippen LogP contribution is 2.29. The number of hydroxylamine groups is 2. The molecule has 122 valence electrons. The molecular formula is C16H8F3NO4. The lowest BCUT2D eigenvalue weighted by Gasteiger charge is -2.13. The van der Waals surface area contributed by atoms with Crippen LogP contribution in [0.2, 0.25) is 0 Å². The molecule has 3 rings (SSSR count). The van der Waals surface area contributed by atoms with Crippen LogP contribution in [-0.4, -0.2) is 22.8 Å². The minimum Gasteiger partial charge on any atom is -0.324 e. The molecule has 0 radical (unpaired) electrons. The van der Waals surface area contributed by atoms with E-state index in [4.69, 9.17) is 4.84 Å². The molecule has 2 aromatic carbocycles. The highest BCUT2D eigenvalue weighted by molar-refractivity contribution is 6.21. The maximum Gasteiger partial charge on any atom is 0.416 e. The van der Waals surface area contributed by atoms with Crippen LogP contribution in [0, 0.1) is 0 Å². The van der Waals surface area contributed by atoms with E-state index < -0.39 is 29.5 Å². The smallest absolute Gasteiger partial charge is 0.324 e. The fourth-order valence-electron chi connectivity index (χ4n) is 2.18. The average Bonchev–Trinajstić information content (AvgIpc) is 2.79. The van der Waals surface area contributed by atoms with Crippen molar-refractivity contribution in [3.8, 4) is 0 Å². The van der Waals surface area contributed by atoms with Gasteiger partial charge < -0.3 is 4.84 Å². The summed E-state index contributed by atoms with van der Waals surface area (Å²) in [5, 5.41) is 0.296. The van der Waals surface area contributed by atoms with Crippen molar-refractivity contribution in [1.29, 1.82) is 0 Å². The second kappa shape index (κ2) is 5.48. The zero-order chi connectivity index (χ0) is 17.5. The number of fused-ring (bicyclic) bond motifs is 1. The van der Waals surface area contributed by atoms with Gasteiger partial charge in [-0.3, -0.25) is 9.59 Å². The van der Waals surface area contributed by atoms with Gasteiger partial charge in [0.15, 0.2) is 0 Å². The maximum absolute atomic E-state index is 12.5. The number of carbonyl (C=O) groups is 3. The number of benzene rings is 2. The molecule has 0 N–H and O–H groups in total. The van der Waals surface area contributed by atoms with Gasteiger partial charge in [-0.15, -0.1) is 0 Å². The van der Waals surface area contributed by atoms with Crippen molar-refractivity contribution in [1.82, 2.24) is 5.06 Å². The van der Waals surface area contributed by atoms with Crippen LogP contribution in [0.25, 0.3) is 0 Å². The molecule has 5 nitrogen and oxygen atoms in total. The molecule has 1 heterocycles. The molecule has 0 saturated heterocycles. The molecule has 0 aromatic heterocycles. The van der Waals surface area contributed by atoms with E-state index in [0.29, 0.717) is 17.2 Å². The topological polar surface area (TPSA) is 63.7 Å². The number of alkyl halides is 3. The molecule has 1 aliphatic heterocycles. The number of hydrogen-bond donors (Lipinski definition) is 0. The molecule has 0 bridgehead atoms. The molecule has 2 amide bonds. The fraction of sp³-hybridized carbons (Fsp3) is 0.0625. The Kier molecular flexibility index (Phi) is 3.59. The number of halogens is 3. The number of imide groups is 1. The summed E-state index contributed by atoms with van der Waals surface area (Å²) in [5.41, 5.74) is -0.982. The molecule has 0 fully saturated rings. The Labute approximate surface area is 133 Å². The van der Waals surface area contributed by atoms with Gasteiger partial charge in [0.25, 0.3) is 11.8 Å². The molecule has 0 aliphatic carbocycles. The van der Waals surface area contributed by atoms with E-state index in [1.54, 1.807) is 12.1 Å². The molecule has 0 unspecified atom stereocenters. The largest absolute Gasteiger partial charge is 0.416 e. The normalized spacial score (nSPS) is 13.9. The van der Waals surface area contributed by atoms with Crippen LogP contribution in [0.5, 0.6) is 0 Å². The van der Waals surface area contributed by atoms with Gasteiger partial charge in [0.2, 0.25) is 0 Å². The summed E-state index contributed by atoms with van der Waals surface area (Å²) in [4.78, 5) is 40.8. The molecule has 24 heavy (non-hydrogen) atoms. The Bertz CT molecular complexity index is 808. The first kappa shape index (κ1) is 15.7. The first-order valence-electron chi connectivity index (χ1n) is 6.66. The monoisotopic (exact) mass is 335 g/mol. The van der Waals surface area contributed by atoms with Gasteiger partial charge in [-0.25, -0.2) is 4.79 Å². The summed E-state index contributed by atoms with van der Waals surface area (Å²) in [6.45, 7) is 0. The summed E-state index contributed by atoms with van der Waals surface area (Å²) in [7, 11) is 0. The second-order valence-corrected chi connectivity index (χ2v) is 4.90. The van der Waals surface area contributed by atoms with Gasteiger partial charge >= 0.3 is 12.1 Å². The van der Waals surface area contributed by atoms with Crippen molar-refractivity contribution in [3.63, 3.8) is 0 Å². The van der Waals surface area contributed by atoms with Gasteiger partial charge in [-0.05, 0) is 36.4 Å². The van der Waals surface area contributed by atoms with Crippen LogP contribution in [0.15, 0.2) is 48.5 Å². The van der Waals surface area contributed by atoms with Gasteiger partial charge in [0, 0.05) is 0 Å². The van der Waals surface area contributed by atoms with Crippen LogP contribution < -0.4 is 0 Å². The molecule has 2 aromatic rings. The Morgan fingerprint density at radius 2 is 1.38 bits per heavy atom. The van der Waals surface area contributed by atoms with Crippen molar-refractivity contribution >= 4 is 17.8 Å². The van der Waals surface area contributed by atoms with Crippen molar-refractivity contribution in [2.75, 3.05) is 0 Å². The van der Waals surface area contributed by atoms with E-state index in [0.717, 1.165) is 12.1 Å². The van der Waals surface area contributed by atoms with Gasteiger partial charge in [-0.2, -0.15) is 13.2 Å². The van der Waals surface area contributed by atoms with E-state index in [2.05, 4.69) is 0 Å². The molecule has 0 spiro atoms. The number of rotatable bonds is 2. The predicted octanol–water partition coefficient (Wildman–Crippen LogP) is 3.07. The van der Waals surface area contributed by atoms with Crippen LogP contribution in [0.3, 0.4) is 0 Å². The first-order valence-corrected chi connectivity index (χ1v) is 6.66. The Morgan fingerprint density at radius 1 is 0.875 bits per heavy atom. The molecule has 1 aliphatic rings. The number of carbonyl (C=O) groups excluding carboxylic acids is 3. The number of amides is 2. The summed E-state index contributed by atoms with van der Waals surface area (Å²) in [6, 6.07) is 9.13. The first-order chi connectivity index (χ1) is 11.3. The van der Waals surface area contributed by atoms with Crippen LogP contribution in [0.1, 0.15) is 36.6 Å². The van der Waals surface area contributed by atoms with E-state index in [-0.39, 0.29) is 16.7 Å². The third-order valence-corrected chi connectivity index (χ3v) is 3.38. The molecule has 8 heteroatoms. The van der Waals surface area contributed by atoms with Crippen LogP contribution in [0.4, 0.5) is 13.2 Å². The van der Waals surface area contributed by atoms with E-state index in [1.807, 2.05) is 0 Å². The lowest BCUT2D eigenvalue weighted by molar-refractivity contribution is -0.137. The average molecular weight is 335 g/mol. The summed E-state index contributed by atoms with van der Waals surface area (Å²) >= 11 is 0. The van der Waals surface area contributed by atoms with Crippen molar-refractivity contribution in [2.45, 2.75) is 6.18 Å². The fourth-order valence-corrected chi connectivity index (χ4v) is 2.18. The number of nitrogens with zero attached hydrogens (tertiary/aromatic N) is 1. The van der Waals surface area contributed by atoms with Gasteiger partial charge in [-0.1, -0.05) is 17.2 Å². The van der Waals surface area contributed by atoms with Crippen molar-refractivity contribution in [3.05, 3.63) is 70.8 Å². The summed E-state index contributed by atoms with van der Waals surface area (Å²) < 4.78 is 37.5. The Balaban J connectivity index is 1.79. The summed E-state index contributed by atoms with van der Waals surface area (Å²) in [6.07, 6.45) is -4.54. The molecular weight excluding hydrogens is 327 g/mol. The molecule has 0 atom stereocenters. The predicted molar refractivity (Wildman–Crippen MR) is 73.8 cm³/mol. The Hall–Kier alpha value is -3.16. The zero-order valence-electron chi connectivity index (χ0n) is 11.8. The maximum atomic E-state index is 12.5. The zero-order valence-corrected chi connectivity index (χ0v) is 11.8. The lowest BCUT2D eigenvalue weighted by Crippen LogP contribution is -2.32. The van der Waals surface area contributed by atoms with Crippen molar-refractivity contribution < 1.29 is 32.4 Å². The lowest BCUT2D eigenvalue weighted by atomic mass is 10.1. The summed E-state index contributed by atoms with van der Waals surface area (Å²) in [5.74, 6) is -2.73. The van der Waals surface area contributed by atoms with Crippen molar-refractivity contribution in [2.24, 2.45) is 0 Å². The third kappa shape index (κ3) is 2.62. The SMILES string of the molecule is O=C(ON1C(=O)c2ccccc2C1=O)c1ccc(C(F)(F)F)cc1. The van der Waals surface area contributed by atoms with E-state index in [9.17, 15) is 27.6 Å². The van der Waals surface area contributed by atoms with Gasteiger partial charge in [0.05, 0.1) is 22.3 Å². The van der Waals surface area contributed by atoms with Gasteiger partial charge in [0.1, 0.15) is 0 Å². The van der Waals surface area contributed by atoms with Crippen LogP contribution in [-0.2, 0) is 11.0 Å². The second-order valence-electron chi connectivity index (χ2n) is 4.90. The Morgan fingerprint density at radius 3 is 1.83 bits per heavy atom. The quantitative estimate of drug-likeness (QED) is 0.791. The number of hydrogen-bond acceptors (Lipinski definition) is 4.